The van der Waals surface area contributed by atoms with E-state index in [0.717, 1.165) is 10.4 Å². The number of carbonyl (C=O) groups excluding carboxylic acids is 1. The molecular formula is C15H21FN2O4S. The van der Waals surface area contributed by atoms with Crippen LogP contribution >= 0.6 is 0 Å². The number of amides is 1. The molecule has 2 N–H and O–H groups in total. The van der Waals surface area contributed by atoms with Crippen LogP contribution in [0.2, 0.25) is 0 Å². The van der Waals surface area contributed by atoms with Crippen LogP contribution in [0.15, 0.2) is 29.2 Å². The first-order valence-corrected chi connectivity index (χ1v) is 8.90. The normalized spacial score (nSPS) is 22.7. The average Bonchev–Trinajstić information content (AvgIpc) is 2.53. The summed E-state index contributed by atoms with van der Waals surface area (Å²) in [5, 5.41) is 13.1. The number of benzene rings is 1. The van der Waals surface area contributed by atoms with E-state index >= 15 is 0 Å². The van der Waals surface area contributed by atoms with Gasteiger partial charge in [0.15, 0.2) is 0 Å². The molecule has 1 heterocycles. The second-order valence-electron chi connectivity index (χ2n) is 5.77. The van der Waals surface area contributed by atoms with Gasteiger partial charge in [-0.05, 0) is 31.4 Å². The lowest BCUT2D eigenvalue weighted by atomic mass is 9.89. The Morgan fingerprint density at radius 3 is 2.78 bits per heavy atom. The number of hydrogen-bond donors (Lipinski definition) is 2. The Labute approximate surface area is 135 Å². The van der Waals surface area contributed by atoms with E-state index in [0.29, 0.717) is 12.8 Å². The Kier molecular flexibility index (Phi) is 5.38. The number of piperidine rings is 1. The molecule has 0 spiro atoms. The molecule has 1 aromatic carbocycles. The Hall–Kier alpha value is -1.51. The number of aliphatic hydroxyl groups is 1. The Bertz CT molecular complexity index is 680. The maximum Gasteiger partial charge on any atom is 0.246 e. The zero-order valence-electron chi connectivity index (χ0n) is 13.0. The van der Waals surface area contributed by atoms with Gasteiger partial charge in [-0.3, -0.25) is 4.79 Å². The number of nitrogens with zero attached hydrogens (tertiary/aromatic N) is 1. The lowest BCUT2D eigenvalue weighted by molar-refractivity contribution is -0.122. The highest BCUT2D eigenvalue weighted by Crippen LogP contribution is 2.30. The Morgan fingerprint density at radius 2 is 2.13 bits per heavy atom. The molecular weight excluding hydrogens is 323 g/mol. The highest BCUT2D eigenvalue weighted by Gasteiger charge is 2.39. The Morgan fingerprint density at radius 1 is 1.43 bits per heavy atom. The van der Waals surface area contributed by atoms with E-state index in [1.807, 2.05) is 0 Å². The molecule has 6 nitrogen and oxygen atoms in total. The van der Waals surface area contributed by atoms with Crippen LogP contribution in [0.1, 0.15) is 25.7 Å². The van der Waals surface area contributed by atoms with Crippen LogP contribution < -0.4 is 5.32 Å². The van der Waals surface area contributed by atoms with Crippen LogP contribution in [0.4, 0.5) is 4.39 Å². The van der Waals surface area contributed by atoms with Gasteiger partial charge in [0.1, 0.15) is 10.7 Å². The molecule has 8 heteroatoms. The fraction of sp³-hybridized carbons (Fsp3) is 0.533. The highest BCUT2D eigenvalue weighted by atomic mass is 32.2. The van der Waals surface area contributed by atoms with Gasteiger partial charge >= 0.3 is 0 Å². The van der Waals surface area contributed by atoms with E-state index < -0.39 is 26.3 Å². The van der Waals surface area contributed by atoms with Crippen molar-refractivity contribution in [3.63, 3.8) is 0 Å². The van der Waals surface area contributed by atoms with Crippen molar-refractivity contribution in [1.29, 1.82) is 0 Å². The topological polar surface area (TPSA) is 86.7 Å². The first-order chi connectivity index (χ1) is 10.8. The largest absolute Gasteiger partial charge is 0.388 e. The van der Waals surface area contributed by atoms with Gasteiger partial charge in [0, 0.05) is 26.6 Å². The molecule has 1 aliphatic rings. The first-order valence-electron chi connectivity index (χ1n) is 7.46. The van der Waals surface area contributed by atoms with E-state index in [4.69, 9.17) is 0 Å². The number of nitrogens with one attached hydrogen (secondary N) is 1. The van der Waals surface area contributed by atoms with Gasteiger partial charge in [-0.2, -0.15) is 4.31 Å². The van der Waals surface area contributed by atoms with E-state index in [2.05, 4.69) is 5.32 Å². The molecule has 1 saturated heterocycles. The summed E-state index contributed by atoms with van der Waals surface area (Å²) in [6.45, 7) is 0.0830. The minimum atomic E-state index is -4.01. The van der Waals surface area contributed by atoms with Crippen molar-refractivity contribution in [2.75, 3.05) is 20.1 Å². The Balaban J connectivity index is 2.17. The number of hydrogen-bond acceptors (Lipinski definition) is 4. The molecule has 23 heavy (non-hydrogen) atoms. The third-order valence-electron chi connectivity index (χ3n) is 4.07. The van der Waals surface area contributed by atoms with Gasteiger partial charge < -0.3 is 10.4 Å². The summed E-state index contributed by atoms with van der Waals surface area (Å²) in [4.78, 5) is 10.9. The minimum Gasteiger partial charge on any atom is -0.388 e. The highest BCUT2D eigenvalue weighted by molar-refractivity contribution is 7.89. The summed E-state index contributed by atoms with van der Waals surface area (Å²) in [6.07, 6.45) is 1.14. The summed E-state index contributed by atoms with van der Waals surface area (Å²) in [6, 6.07) is 5.18. The summed E-state index contributed by atoms with van der Waals surface area (Å²) < 4.78 is 40.1. The number of carbonyl (C=O) groups is 1. The molecule has 2 rings (SSSR count). The monoisotopic (exact) mass is 344 g/mol. The fourth-order valence-corrected chi connectivity index (χ4v) is 4.37. The van der Waals surface area contributed by atoms with Gasteiger partial charge in [-0.15, -0.1) is 0 Å². The van der Waals surface area contributed by atoms with Gasteiger partial charge in [0.2, 0.25) is 15.9 Å². The lowest BCUT2D eigenvalue weighted by Gasteiger charge is -2.38. The smallest absolute Gasteiger partial charge is 0.246 e. The molecule has 1 amide bonds. The molecule has 0 bridgehead atoms. The maximum atomic E-state index is 13.8. The van der Waals surface area contributed by atoms with Crippen molar-refractivity contribution < 1.29 is 22.7 Å². The zero-order chi connectivity index (χ0) is 17.1. The second kappa shape index (κ2) is 6.94. The molecule has 128 valence electrons. The molecule has 0 radical (unpaired) electrons. The maximum absolute atomic E-state index is 13.8. The minimum absolute atomic E-state index is 0.112. The van der Waals surface area contributed by atoms with E-state index in [9.17, 15) is 22.7 Å². The van der Waals surface area contributed by atoms with Gasteiger partial charge in [-0.1, -0.05) is 12.1 Å². The van der Waals surface area contributed by atoms with E-state index in [-0.39, 0.29) is 31.8 Å². The van der Waals surface area contributed by atoms with Crippen LogP contribution in [-0.4, -0.2) is 49.5 Å². The predicted octanol–water partition coefficient (Wildman–Crippen LogP) is 0.867. The van der Waals surface area contributed by atoms with Crippen molar-refractivity contribution in [2.45, 2.75) is 36.2 Å². The van der Waals surface area contributed by atoms with E-state index in [1.54, 1.807) is 0 Å². The average molecular weight is 344 g/mol. The standard InChI is InChI=1S/C15H21FN2O4S/c1-17-14(19)7-9-15(20)8-4-10-18(11-15)23(21,22)13-6-3-2-5-12(13)16/h2-3,5-6,20H,4,7-11H2,1H3,(H,17,19). The summed E-state index contributed by atoms with van der Waals surface area (Å²) in [5.74, 6) is -1.03. The number of sulfonamides is 1. The second-order valence-corrected chi connectivity index (χ2v) is 7.68. The van der Waals surface area contributed by atoms with Crippen LogP contribution in [0.25, 0.3) is 0 Å². The van der Waals surface area contributed by atoms with Gasteiger partial charge in [0.05, 0.1) is 5.60 Å². The van der Waals surface area contributed by atoms with E-state index in [1.165, 1.54) is 25.2 Å². The lowest BCUT2D eigenvalue weighted by Crippen LogP contribution is -2.50. The summed E-state index contributed by atoms with van der Waals surface area (Å²) in [7, 11) is -2.51. The zero-order valence-corrected chi connectivity index (χ0v) is 13.8. The molecule has 1 atom stereocenters. The first kappa shape index (κ1) is 17.8. The quantitative estimate of drug-likeness (QED) is 0.830. The molecule has 1 aromatic rings. The molecule has 0 saturated carbocycles. The SMILES string of the molecule is CNC(=O)CCC1(O)CCCN(S(=O)(=O)c2ccccc2F)C1. The van der Waals surface area contributed by atoms with Crippen LogP contribution in [-0.2, 0) is 14.8 Å². The van der Waals surface area contributed by atoms with Crippen molar-refractivity contribution in [3.8, 4) is 0 Å². The third kappa shape index (κ3) is 4.07. The van der Waals surface area contributed by atoms with Gasteiger partial charge in [0.25, 0.3) is 0 Å². The van der Waals surface area contributed by atoms with Crippen LogP contribution in [0.3, 0.4) is 0 Å². The fourth-order valence-electron chi connectivity index (χ4n) is 2.74. The number of β-amino-alcohol motifs (C(OH)–C–C–N with tert-alkyl or cyclic N) is 1. The number of rotatable bonds is 5. The molecule has 1 fully saturated rings. The van der Waals surface area contributed by atoms with Crippen molar-refractivity contribution in [1.82, 2.24) is 9.62 Å². The molecule has 0 aromatic heterocycles. The predicted molar refractivity (Wildman–Crippen MR) is 82.6 cm³/mol. The molecule has 0 aliphatic carbocycles. The summed E-state index contributed by atoms with van der Waals surface area (Å²) in [5.41, 5.74) is -1.27. The van der Waals surface area contributed by atoms with Crippen molar-refractivity contribution in [3.05, 3.63) is 30.1 Å². The van der Waals surface area contributed by atoms with Crippen LogP contribution in [0.5, 0.6) is 0 Å². The van der Waals surface area contributed by atoms with Crippen molar-refractivity contribution >= 4 is 15.9 Å². The van der Waals surface area contributed by atoms with Crippen molar-refractivity contribution in [2.24, 2.45) is 0 Å². The van der Waals surface area contributed by atoms with Gasteiger partial charge in [-0.25, -0.2) is 12.8 Å². The third-order valence-corrected chi connectivity index (χ3v) is 5.95. The molecule has 1 aliphatic heterocycles. The van der Waals surface area contributed by atoms with Crippen LogP contribution in [0, 0.1) is 5.82 Å². The summed E-state index contributed by atoms with van der Waals surface area (Å²) >= 11 is 0. The number of halogens is 1. The molecule has 1 unspecified atom stereocenters.